The first kappa shape index (κ1) is 18.5. The highest BCUT2D eigenvalue weighted by Gasteiger charge is 2.26. The second kappa shape index (κ2) is 7.38. The van der Waals surface area contributed by atoms with Crippen LogP contribution in [-0.4, -0.2) is 40.4 Å². The second-order valence-corrected chi connectivity index (χ2v) is 6.48. The first-order chi connectivity index (χ1) is 11.7. The Hall–Kier alpha value is -2.83. The number of methoxy groups -OCH3 is 1. The lowest BCUT2D eigenvalue weighted by atomic mass is 9.90. The van der Waals surface area contributed by atoms with E-state index in [0.29, 0.717) is 12.1 Å². The molecule has 0 unspecified atom stereocenters. The molecule has 1 aromatic carbocycles. The van der Waals surface area contributed by atoms with Gasteiger partial charge in [0.2, 0.25) is 0 Å². The molecule has 7 nitrogen and oxygen atoms in total. The number of hydrogen-bond donors (Lipinski definition) is 2. The molecule has 0 saturated carbocycles. The van der Waals surface area contributed by atoms with Gasteiger partial charge < -0.3 is 15.2 Å². The molecule has 1 heterocycles. The van der Waals surface area contributed by atoms with Crippen LogP contribution in [0.25, 0.3) is 5.69 Å². The lowest BCUT2D eigenvalue weighted by Crippen LogP contribution is -2.32. The number of aryl methyl sites for hydroxylation is 1. The van der Waals surface area contributed by atoms with E-state index in [1.54, 1.807) is 31.7 Å². The monoisotopic (exact) mass is 345 g/mol. The third kappa shape index (κ3) is 4.37. The largest absolute Gasteiger partial charge is 0.497 e. The fraction of sp³-hybridized carbons (Fsp3) is 0.389. The molecule has 0 spiro atoms. The maximum atomic E-state index is 12.2. The van der Waals surface area contributed by atoms with E-state index in [1.165, 1.54) is 0 Å². The molecule has 0 fully saturated rings. The average molecular weight is 345 g/mol. The molecule has 0 aliphatic carbocycles. The van der Waals surface area contributed by atoms with Gasteiger partial charge in [0.15, 0.2) is 5.69 Å². The van der Waals surface area contributed by atoms with Crippen molar-refractivity contribution in [2.45, 2.75) is 27.2 Å². The Morgan fingerprint density at radius 3 is 2.48 bits per heavy atom. The van der Waals surface area contributed by atoms with Crippen molar-refractivity contribution in [1.82, 2.24) is 15.1 Å². The van der Waals surface area contributed by atoms with E-state index in [4.69, 9.17) is 9.84 Å². The zero-order valence-corrected chi connectivity index (χ0v) is 14.9. The first-order valence-corrected chi connectivity index (χ1v) is 7.97. The van der Waals surface area contributed by atoms with Crippen LogP contribution in [0.5, 0.6) is 5.75 Å². The number of carboxylic acid groups (broad SMARTS) is 1. The highest BCUT2D eigenvalue weighted by Crippen LogP contribution is 2.20. The summed E-state index contributed by atoms with van der Waals surface area (Å²) in [5, 5.41) is 16.1. The zero-order valence-electron chi connectivity index (χ0n) is 14.9. The fourth-order valence-corrected chi connectivity index (χ4v) is 2.26. The zero-order chi connectivity index (χ0) is 18.6. The topological polar surface area (TPSA) is 93.5 Å². The number of rotatable bonds is 7. The second-order valence-electron chi connectivity index (χ2n) is 6.48. The molecule has 25 heavy (non-hydrogen) atoms. The van der Waals surface area contributed by atoms with E-state index < -0.39 is 11.4 Å². The molecule has 2 N–H and O–H groups in total. The molecule has 134 valence electrons. The van der Waals surface area contributed by atoms with Gasteiger partial charge >= 0.3 is 5.97 Å². The summed E-state index contributed by atoms with van der Waals surface area (Å²) in [4.78, 5) is 23.3. The number of carbonyl (C=O) groups is 2. The van der Waals surface area contributed by atoms with Crippen molar-refractivity contribution in [2.75, 3.05) is 13.7 Å². The van der Waals surface area contributed by atoms with Gasteiger partial charge in [0.05, 0.1) is 18.2 Å². The summed E-state index contributed by atoms with van der Waals surface area (Å²) < 4.78 is 6.81. The van der Waals surface area contributed by atoms with Crippen LogP contribution < -0.4 is 10.1 Å². The Labute approximate surface area is 146 Å². The highest BCUT2D eigenvalue weighted by atomic mass is 16.5. The molecule has 7 heteroatoms. The molecule has 1 aromatic heterocycles. The molecule has 2 rings (SSSR count). The van der Waals surface area contributed by atoms with Crippen LogP contribution in [0.1, 0.15) is 36.5 Å². The van der Waals surface area contributed by atoms with Gasteiger partial charge in [-0.2, -0.15) is 5.10 Å². The number of nitrogens with zero attached hydrogens (tertiary/aromatic N) is 2. The van der Waals surface area contributed by atoms with Gasteiger partial charge in [-0.05, 0) is 57.5 Å². The lowest BCUT2D eigenvalue weighted by Gasteiger charge is -2.18. The summed E-state index contributed by atoms with van der Waals surface area (Å²) in [6, 6.07) is 9.06. The van der Waals surface area contributed by atoms with E-state index >= 15 is 0 Å². The summed E-state index contributed by atoms with van der Waals surface area (Å²) in [5.41, 5.74) is 1.05. The number of nitrogens with one attached hydrogen (secondary N) is 1. The maximum Gasteiger partial charge on any atom is 0.309 e. The minimum atomic E-state index is -0.888. The number of aliphatic carboxylic acids is 1. The third-order valence-corrected chi connectivity index (χ3v) is 4.05. The van der Waals surface area contributed by atoms with Gasteiger partial charge in [-0.1, -0.05) is 0 Å². The van der Waals surface area contributed by atoms with E-state index in [0.717, 1.165) is 17.1 Å². The summed E-state index contributed by atoms with van der Waals surface area (Å²) in [7, 11) is 1.60. The van der Waals surface area contributed by atoms with Crippen molar-refractivity contribution in [3.63, 3.8) is 0 Å². The first-order valence-electron chi connectivity index (χ1n) is 7.97. The van der Waals surface area contributed by atoms with Crippen LogP contribution in [0.2, 0.25) is 0 Å². The number of aromatic nitrogens is 2. The number of carboxylic acids is 1. The minimum absolute atomic E-state index is 0.270. The molecular weight excluding hydrogens is 322 g/mol. The predicted molar refractivity (Wildman–Crippen MR) is 93.2 cm³/mol. The molecular formula is C18H23N3O4. The lowest BCUT2D eigenvalue weighted by molar-refractivity contribution is -0.147. The summed E-state index contributed by atoms with van der Waals surface area (Å²) in [6.07, 6.45) is 0.340. The molecule has 0 radical (unpaired) electrons. The minimum Gasteiger partial charge on any atom is -0.497 e. The van der Waals surface area contributed by atoms with Crippen molar-refractivity contribution in [2.24, 2.45) is 5.41 Å². The Balaban J connectivity index is 2.05. The number of benzene rings is 1. The molecule has 0 atom stereocenters. The van der Waals surface area contributed by atoms with Gasteiger partial charge in [0.25, 0.3) is 5.91 Å². The standard InChI is InChI=1S/C18H23N3O4/c1-12-11-15(16(22)19-10-9-18(2,3)17(23)24)20-21(12)13-5-7-14(25-4)8-6-13/h5-8,11H,9-10H2,1-4H3,(H,19,22)(H,23,24). The predicted octanol–water partition coefficient (Wildman–Crippen LogP) is 2.42. The van der Waals surface area contributed by atoms with E-state index in [2.05, 4.69) is 10.4 Å². The van der Waals surface area contributed by atoms with Crippen LogP contribution in [-0.2, 0) is 4.79 Å². The van der Waals surface area contributed by atoms with Crippen molar-refractivity contribution < 1.29 is 19.4 Å². The average Bonchev–Trinajstić information content (AvgIpc) is 2.96. The molecule has 0 bridgehead atoms. The quantitative estimate of drug-likeness (QED) is 0.804. The van der Waals surface area contributed by atoms with Crippen LogP contribution >= 0.6 is 0 Å². The molecule has 0 saturated heterocycles. The molecule has 1 amide bonds. The summed E-state index contributed by atoms with van der Waals surface area (Å²) in [6.45, 7) is 5.39. The third-order valence-electron chi connectivity index (χ3n) is 4.05. The Kier molecular flexibility index (Phi) is 5.46. The van der Waals surface area contributed by atoms with Crippen molar-refractivity contribution in [1.29, 1.82) is 0 Å². The fourth-order valence-electron chi connectivity index (χ4n) is 2.26. The van der Waals surface area contributed by atoms with Gasteiger partial charge in [-0.3, -0.25) is 9.59 Å². The number of carbonyl (C=O) groups excluding carboxylic acids is 1. The van der Waals surface area contributed by atoms with E-state index in [1.807, 2.05) is 31.2 Å². The van der Waals surface area contributed by atoms with Gasteiger partial charge in [-0.25, -0.2) is 4.68 Å². The highest BCUT2D eigenvalue weighted by molar-refractivity contribution is 5.92. The number of ether oxygens (including phenoxy) is 1. The van der Waals surface area contributed by atoms with Gasteiger partial charge in [0, 0.05) is 12.2 Å². The van der Waals surface area contributed by atoms with Crippen molar-refractivity contribution in [3.05, 3.63) is 41.7 Å². The Bertz CT molecular complexity index is 763. The van der Waals surface area contributed by atoms with Crippen molar-refractivity contribution in [3.8, 4) is 11.4 Å². The van der Waals surface area contributed by atoms with Crippen LogP contribution in [0.4, 0.5) is 0 Å². The summed E-state index contributed by atoms with van der Waals surface area (Å²) in [5.74, 6) is -0.467. The van der Waals surface area contributed by atoms with Crippen LogP contribution in [0.3, 0.4) is 0 Å². The van der Waals surface area contributed by atoms with E-state index in [9.17, 15) is 9.59 Å². The Morgan fingerprint density at radius 1 is 1.28 bits per heavy atom. The van der Waals surface area contributed by atoms with Gasteiger partial charge in [0.1, 0.15) is 5.75 Å². The summed E-state index contributed by atoms with van der Waals surface area (Å²) >= 11 is 0. The van der Waals surface area contributed by atoms with Crippen LogP contribution in [0.15, 0.2) is 30.3 Å². The molecule has 0 aliphatic rings. The van der Waals surface area contributed by atoms with Gasteiger partial charge in [-0.15, -0.1) is 0 Å². The van der Waals surface area contributed by atoms with Crippen molar-refractivity contribution >= 4 is 11.9 Å². The number of amides is 1. The molecule has 2 aromatic rings. The van der Waals surface area contributed by atoms with E-state index in [-0.39, 0.29) is 12.5 Å². The SMILES string of the molecule is COc1ccc(-n2nc(C(=O)NCCC(C)(C)C(=O)O)cc2C)cc1. The molecule has 0 aliphatic heterocycles. The Morgan fingerprint density at radius 2 is 1.92 bits per heavy atom. The van der Waals surface area contributed by atoms with Crippen LogP contribution in [0, 0.1) is 12.3 Å². The number of hydrogen-bond acceptors (Lipinski definition) is 4. The normalized spacial score (nSPS) is 11.2. The maximum absolute atomic E-state index is 12.2. The smallest absolute Gasteiger partial charge is 0.309 e.